The summed E-state index contributed by atoms with van der Waals surface area (Å²) >= 11 is 0. The monoisotopic (exact) mass is 544 g/mol. The van der Waals surface area contributed by atoms with Gasteiger partial charge in [0, 0.05) is 18.5 Å². The molecule has 4 N–H and O–H groups in total. The molecule has 4 rings (SSSR count). The fourth-order valence-corrected chi connectivity index (χ4v) is 5.22. The SMILES string of the molecule is CC(C)[C@@H]1NC(=O)CCCCOc2ccc(cc2)C[C@@H]([C@H](O)CN2CCCC[C@H]2C(=O)NC(C)(C)C)NC1=O. The van der Waals surface area contributed by atoms with Gasteiger partial charge in [-0.05, 0) is 83.0 Å². The molecule has 218 valence electrons. The maximum absolute atomic E-state index is 13.5. The maximum Gasteiger partial charge on any atom is 0.243 e. The van der Waals surface area contributed by atoms with Crippen molar-refractivity contribution < 1.29 is 24.2 Å². The summed E-state index contributed by atoms with van der Waals surface area (Å²) in [7, 11) is 0. The molecule has 0 aromatic heterocycles. The van der Waals surface area contributed by atoms with Gasteiger partial charge in [0.1, 0.15) is 11.8 Å². The zero-order chi connectivity index (χ0) is 28.6. The van der Waals surface area contributed by atoms with E-state index in [0.29, 0.717) is 32.4 Å². The Hall–Kier alpha value is -2.65. The number of amides is 3. The third kappa shape index (κ3) is 9.80. The lowest BCUT2D eigenvalue weighted by molar-refractivity contribution is -0.132. The molecule has 9 nitrogen and oxygen atoms in total. The fourth-order valence-electron chi connectivity index (χ4n) is 5.22. The number of fused-ring (bicyclic) bond motifs is 13. The van der Waals surface area contributed by atoms with E-state index in [-0.39, 0.29) is 41.8 Å². The summed E-state index contributed by atoms with van der Waals surface area (Å²) in [6.07, 6.45) is 3.84. The average Bonchev–Trinajstić information content (AvgIpc) is 2.86. The molecule has 0 spiro atoms. The van der Waals surface area contributed by atoms with Gasteiger partial charge in [-0.15, -0.1) is 0 Å². The Morgan fingerprint density at radius 2 is 1.82 bits per heavy atom. The van der Waals surface area contributed by atoms with Crippen LogP contribution in [0.1, 0.15) is 78.7 Å². The molecule has 0 aliphatic carbocycles. The van der Waals surface area contributed by atoms with E-state index >= 15 is 0 Å². The zero-order valence-electron chi connectivity index (χ0n) is 24.3. The number of carbonyl (C=O) groups is 3. The molecule has 2 bridgehead atoms. The predicted octanol–water partition coefficient (Wildman–Crippen LogP) is 2.55. The number of likely N-dealkylation sites (tertiary alicyclic amines) is 1. The number of nitrogens with one attached hydrogen (secondary N) is 3. The second kappa shape index (κ2) is 14.1. The van der Waals surface area contributed by atoms with E-state index in [2.05, 4.69) is 16.0 Å². The first kappa shape index (κ1) is 30.9. The number of benzene rings is 1. The molecule has 3 amide bonds. The lowest BCUT2D eigenvalue weighted by Crippen LogP contribution is -2.59. The van der Waals surface area contributed by atoms with Crippen LogP contribution in [0.2, 0.25) is 0 Å². The van der Waals surface area contributed by atoms with Gasteiger partial charge < -0.3 is 25.8 Å². The Bertz CT molecular complexity index is 959. The molecule has 3 aliphatic rings. The van der Waals surface area contributed by atoms with Crippen LogP contribution in [0.25, 0.3) is 0 Å². The van der Waals surface area contributed by atoms with E-state index in [0.717, 1.165) is 37.0 Å². The lowest BCUT2D eigenvalue weighted by Gasteiger charge is -2.39. The van der Waals surface area contributed by atoms with Gasteiger partial charge in [0.2, 0.25) is 17.7 Å². The van der Waals surface area contributed by atoms with Crippen LogP contribution in [0.3, 0.4) is 0 Å². The van der Waals surface area contributed by atoms with Crippen molar-refractivity contribution in [2.45, 2.75) is 109 Å². The average molecular weight is 545 g/mol. The largest absolute Gasteiger partial charge is 0.494 e. The molecular weight excluding hydrogens is 496 g/mol. The Labute approximate surface area is 233 Å². The molecule has 4 atom stereocenters. The van der Waals surface area contributed by atoms with Crippen LogP contribution in [-0.2, 0) is 20.8 Å². The molecular formula is C30H48N4O5. The fraction of sp³-hybridized carbons (Fsp3) is 0.700. The van der Waals surface area contributed by atoms with Crippen LogP contribution >= 0.6 is 0 Å². The van der Waals surface area contributed by atoms with Gasteiger partial charge in [0.15, 0.2) is 0 Å². The molecule has 1 fully saturated rings. The molecule has 0 radical (unpaired) electrons. The van der Waals surface area contributed by atoms with Crippen LogP contribution in [-0.4, -0.2) is 77.2 Å². The van der Waals surface area contributed by atoms with Gasteiger partial charge in [-0.3, -0.25) is 19.3 Å². The number of β-amino-alcohol motifs (C(OH)–C–C–N with tert-alkyl or cyclic N) is 1. The highest BCUT2D eigenvalue weighted by Gasteiger charge is 2.35. The second-order valence-corrected chi connectivity index (χ2v) is 12.4. The Kier molecular flexibility index (Phi) is 11.2. The highest BCUT2D eigenvalue weighted by atomic mass is 16.5. The number of hydrogen-bond acceptors (Lipinski definition) is 6. The Morgan fingerprint density at radius 3 is 2.49 bits per heavy atom. The number of aliphatic hydroxyl groups excluding tert-OH is 1. The van der Waals surface area contributed by atoms with E-state index in [4.69, 9.17) is 4.74 Å². The first-order chi connectivity index (χ1) is 18.4. The van der Waals surface area contributed by atoms with Crippen LogP contribution in [0, 0.1) is 5.92 Å². The molecule has 1 aromatic carbocycles. The minimum Gasteiger partial charge on any atom is -0.494 e. The smallest absolute Gasteiger partial charge is 0.243 e. The van der Waals surface area contributed by atoms with Gasteiger partial charge in [0.25, 0.3) is 0 Å². The Balaban J connectivity index is 1.82. The summed E-state index contributed by atoms with van der Waals surface area (Å²) in [5.41, 5.74) is 0.603. The lowest BCUT2D eigenvalue weighted by atomic mass is 9.95. The van der Waals surface area contributed by atoms with Gasteiger partial charge in [-0.1, -0.05) is 32.4 Å². The number of nitrogens with zero attached hydrogens (tertiary/aromatic N) is 1. The summed E-state index contributed by atoms with van der Waals surface area (Å²) < 4.78 is 5.82. The molecule has 1 saturated heterocycles. The van der Waals surface area contributed by atoms with Crippen LogP contribution in [0.4, 0.5) is 0 Å². The Morgan fingerprint density at radius 1 is 1.10 bits per heavy atom. The van der Waals surface area contributed by atoms with Gasteiger partial charge in [-0.2, -0.15) is 0 Å². The zero-order valence-corrected chi connectivity index (χ0v) is 24.3. The minimum atomic E-state index is -0.921. The number of hydrogen-bond donors (Lipinski definition) is 4. The first-order valence-electron chi connectivity index (χ1n) is 14.5. The van der Waals surface area contributed by atoms with E-state index < -0.39 is 18.2 Å². The van der Waals surface area contributed by atoms with Gasteiger partial charge in [0.05, 0.1) is 24.8 Å². The van der Waals surface area contributed by atoms with Crippen LogP contribution < -0.4 is 20.7 Å². The molecule has 3 aliphatic heterocycles. The van der Waals surface area contributed by atoms with E-state index in [1.165, 1.54) is 0 Å². The van der Waals surface area contributed by atoms with Crippen LogP contribution in [0.15, 0.2) is 24.3 Å². The van der Waals surface area contributed by atoms with E-state index in [1.54, 1.807) is 0 Å². The maximum atomic E-state index is 13.5. The standard InChI is InChI=1S/C30H48N4O5/c1-20(2)27-29(38)31-23(18-21-12-14-22(15-13-21)39-17-9-7-11-26(36)32-27)25(35)19-34-16-8-6-10-24(34)28(37)33-30(3,4)5/h12-15,20,23-25,27,35H,6-11,16-19H2,1-5H3,(H,31,38)(H,32,36)(H,33,37)/t23-,24-,25+,27-/m0/s1. The summed E-state index contributed by atoms with van der Waals surface area (Å²) in [5, 5.41) is 20.5. The van der Waals surface area contributed by atoms with Crippen molar-refractivity contribution in [2.75, 3.05) is 19.7 Å². The third-order valence-corrected chi connectivity index (χ3v) is 7.34. The van der Waals surface area contributed by atoms with Crippen molar-refractivity contribution in [1.82, 2.24) is 20.9 Å². The topological polar surface area (TPSA) is 120 Å². The van der Waals surface area contributed by atoms with E-state index in [1.807, 2.05) is 63.8 Å². The number of carbonyl (C=O) groups excluding carboxylic acids is 3. The predicted molar refractivity (Wildman–Crippen MR) is 151 cm³/mol. The number of piperidine rings is 1. The summed E-state index contributed by atoms with van der Waals surface area (Å²) in [5.74, 6) is 0.111. The molecule has 39 heavy (non-hydrogen) atoms. The van der Waals surface area contributed by atoms with Crippen LogP contribution in [0.5, 0.6) is 5.75 Å². The number of aliphatic hydroxyl groups is 1. The third-order valence-electron chi connectivity index (χ3n) is 7.34. The molecule has 3 heterocycles. The van der Waals surface area contributed by atoms with Crippen molar-refractivity contribution in [2.24, 2.45) is 5.92 Å². The molecule has 1 aromatic rings. The minimum absolute atomic E-state index is 0.0328. The highest BCUT2D eigenvalue weighted by Crippen LogP contribution is 2.21. The molecule has 0 unspecified atom stereocenters. The van der Waals surface area contributed by atoms with Gasteiger partial charge >= 0.3 is 0 Å². The molecule has 9 heteroatoms. The van der Waals surface area contributed by atoms with Crippen molar-refractivity contribution in [1.29, 1.82) is 0 Å². The van der Waals surface area contributed by atoms with E-state index in [9.17, 15) is 19.5 Å². The molecule has 0 saturated carbocycles. The second-order valence-electron chi connectivity index (χ2n) is 12.4. The number of ether oxygens (including phenoxy) is 1. The summed E-state index contributed by atoms with van der Waals surface area (Å²) in [6.45, 7) is 11.1. The number of rotatable bonds is 5. The van der Waals surface area contributed by atoms with Gasteiger partial charge in [-0.25, -0.2) is 0 Å². The quantitative estimate of drug-likeness (QED) is 0.452. The summed E-state index contributed by atoms with van der Waals surface area (Å²) in [4.78, 5) is 41.1. The van der Waals surface area contributed by atoms with Crippen molar-refractivity contribution in [3.63, 3.8) is 0 Å². The normalized spacial score (nSPS) is 24.9. The summed E-state index contributed by atoms with van der Waals surface area (Å²) in [6, 6.07) is 6.06. The van der Waals surface area contributed by atoms with Crippen molar-refractivity contribution in [3.05, 3.63) is 29.8 Å². The highest BCUT2D eigenvalue weighted by molar-refractivity contribution is 5.88. The first-order valence-corrected chi connectivity index (χ1v) is 14.5. The van der Waals surface area contributed by atoms with Crippen molar-refractivity contribution in [3.8, 4) is 5.75 Å². The van der Waals surface area contributed by atoms with Crippen molar-refractivity contribution >= 4 is 17.7 Å².